The molecule has 0 spiro atoms. The van der Waals surface area contributed by atoms with Crippen molar-refractivity contribution in [2.75, 3.05) is 11.9 Å². The highest BCUT2D eigenvalue weighted by Crippen LogP contribution is 2.27. The van der Waals surface area contributed by atoms with Gasteiger partial charge < -0.3 is 5.32 Å². The highest BCUT2D eigenvalue weighted by Gasteiger charge is 2.14. The van der Waals surface area contributed by atoms with Crippen LogP contribution in [0.4, 0.5) is 10.7 Å². The van der Waals surface area contributed by atoms with Gasteiger partial charge in [-0.05, 0) is 42.8 Å². The predicted octanol–water partition coefficient (Wildman–Crippen LogP) is 2.99. The van der Waals surface area contributed by atoms with Crippen LogP contribution in [0.3, 0.4) is 0 Å². The topological polar surface area (TPSA) is 97.1 Å². The van der Waals surface area contributed by atoms with Crippen molar-refractivity contribution < 1.29 is 4.79 Å². The number of pyridine rings is 3. The fourth-order valence-electron chi connectivity index (χ4n) is 2.76. The van der Waals surface area contributed by atoms with Crippen LogP contribution in [0.2, 0.25) is 0 Å². The Hall–Kier alpha value is -3.81. The summed E-state index contributed by atoms with van der Waals surface area (Å²) in [7, 11) is 0. The molecule has 4 aromatic rings. The lowest BCUT2D eigenvalue weighted by atomic mass is 10.1. The van der Waals surface area contributed by atoms with E-state index in [1.165, 1.54) is 0 Å². The molecule has 8 nitrogen and oxygen atoms in total. The highest BCUT2D eigenvalue weighted by molar-refractivity contribution is 5.87. The van der Waals surface area contributed by atoms with Gasteiger partial charge in [0.05, 0.1) is 5.69 Å². The van der Waals surface area contributed by atoms with E-state index < -0.39 is 0 Å². The first-order valence-corrected chi connectivity index (χ1v) is 8.51. The van der Waals surface area contributed by atoms with Gasteiger partial charge in [-0.2, -0.15) is 4.98 Å². The van der Waals surface area contributed by atoms with Crippen LogP contribution in [0.5, 0.6) is 0 Å². The molecule has 8 heteroatoms. The maximum atomic E-state index is 11.8. The zero-order valence-corrected chi connectivity index (χ0v) is 14.6. The number of fused-ring (bicyclic) bond motifs is 1. The minimum atomic E-state index is -0.344. The van der Waals surface area contributed by atoms with Crippen LogP contribution in [-0.2, 0) is 0 Å². The van der Waals surface area contributed by atoms with Gasteiger partial charge in [-0.1, -0.05) is 6.07 Å². The normalized spacial score (nSPS) is 10.7. The molecule has 0 atom stereocenters. The van der Waals surface area contributed by atoms with Gasteiger partial charge in [0.15, 0.2) is 5.65 Å². The molecule has 0 saturated heterocycles. The average Bonchev–Trinajstić information content (AvgIpc) is 3.11. The van der Waals surface area contributed by atoms with E-state index in [1.54, 1.807) is 29.3 Å². The molecule has 0 aliphatic carbocycles. The minimum absolute atomic E-state index is 0.231. The molecular weight excluding hydrogens is 342 g/mol. The number of urea groups is 1. The maximum absolute atomic E-state index is 11.8. The largest absolute Gasteiger partial charge is 0.338 e. The summed E-state index contributed by atoms with van der Waals surface area (Å²) in [5.41, 5.74) is 4.23. The number of aromatic nitrogens is 5. The number of rotatable bonds is 4. The molecule has 4 aromatic heterocycles. The summed E-state index contributed by atoms with van der Waals surface area (Å²) in [6, 6.07) is 11.3. The zero-order chi connectivity index (χ0) is 18.6. The summed E-state index contributed by atoms with van der Waals surface area (Å²) in [4.78, 5) is 24.6. The second kappa shape index (κ2) is 7.20. The molecule has 0 saturated carbocycles. The molecule has 0 aliphatic heterocycles. The Bertz CT molecular complexity index is 1080. The Morgan fingerprint density at radius 3 is 2.44 bits per heavy atom. The molecule has 0 aliphatic rings. The lowest BCUT2D eigenvalue weighted by molar-refractivity contribution is 0.252. The summed E-state index contributed by atoms with van der Waals surface area (Å²) >= 11 is 0. The van der Waals surface area contributed by atoms with Crippen molar-refractivity contribution in [2.24, 2.45) is 0 Å². The van der Waals surface area contributed by atoms with Crippen LogP contribution < -0.4 is 10.6 Å². The summed E-state index contributed by atoms with van der Waals surface area (Å²) in [6.07, 6.45) is 7.01. The molecule has 4 rings (SSSR count). The Kier molecular flexibility index (Phi) is 4.44. The molecule has 0 radical (unpaired) electrons. The van der Waals surface area contributed by atoms with Crippen molar-refractivity contribution in [1.29, 1.82) is 0 Å². The lowest BCUT2D eigenvalue weighted by Crippen LogP contribution is -2.28. The third-order valence-corrected chi connectivity index (χ3v) is 3.95. The van der Waals surface area contributed by atoms with Gasteiger partial charge in [0.25, 0.3) is 5.95 Å². The van der Waals surface area contributed by atoms with Crippen LogP contribution in [-0.4, -0.2) is 37.1 Å². The molecule has 2 amide bonds. The number of amides is 2. The molecule has 0 fully saturated rings. The molecular formula is C19H17N7O. The lowest BCUT2D eigenvalue weighted by Gasteiger charge is -2.08. The van der Waals surface area contributed by atoms with Crippen molar-refractivity contribution in [3.05, 3.63) is 61.2 Å². The van der Waals surface area contributed by atoms with Gasteiger partial charge in [-0.25, -0.2) is 9.31 Å². The number of hydrogen-bond acceptors (Lipinski definition) is 5. The number of anilines is 1. The molecule has 0 bridgehead atoms. The standard InChI is InChI=1S/C19H17N7O/c1-2-22-19(27)24-18-23-17-10-15(13-5-3-7-20-11-13)9-16(26(17)25-18)14-6-4-8-21-12-14/h3-12H,2H2,1H3,(H2,22,24,25,27). The fourth-order valence-corrected chi connectivity index (χ4v) is 2.76. The average molecular weight is 359 g/mol. The number of carbonyl (C=O) groups is 1. The number of carbonyl (C=O) groups excluding carboxylic acids is 1. The van der Waals surface area contributed by atoms with Gasteiger partial charge >= 0.3 is 6.03 Å². The van der Waals surface area contributed by atoms with E-state index in [1.807, 2.05) is 43.3 Å². The predicted molar refractivity (Wildman–Crippen MR) is 102 cm³/mol. The van der Waals surface area contributed by atoms with E-state index in [0.717, 1.165) is 22.4 Å². The zero-order valence-electron chi connectivity index (χ0n) is 14.6. The molecule has 4 heterocycles. The smallest absolute Gasteiger partial charge is 0.321 e. The second-order valence-electron chi connectivity index (χ2n) is 5.80. The number of nitrogens with one attached hydrogen (secondary N) is 2. The first-order valence-electron chi connectivity index (χ1n) is 8.51. The summed E-state index contributed by atoms with van der Waals surface area (Å²) in [5.74, 6) is 0.231. The monoisotopic (exact) mass is 359 g/mol. The van der Waals surface area contributed by atoms with Crippen LogP contribution in [0.15, 0.2) is 61.2 Å². The van der Waals surface area contributed by atoms with E-state index in [9.17, 15) is 4.79 Å². The highest BCUT2D eigenvalue weighted by atomic mass is 16.2. The van der Waals surface area contributed by atoms with Gasteiger partial charge in [-0.15, -0.1) is 5.10 Å². The Labute approximate surface area is 155 Å². The molecule has 2 N–H and O–H groups in total. The first-order chi connectivity index (χ1) is 13.2. The van der Waals surface area contributed by atoms with Gasteiger partial charge in [0.2, 0.25) is 0 Å². The Balaban J connectivity index is 1.86. The van der Waals surface area contributed by atoms with Crippen molar-refractivity contribution >= 4 is 17.6 Å². The first kappa shape index (κ1) is 16.6. The number of nitrogens with zero attached hydrogens (tertiary/aromatic N) is 5. The van der Waals surface area contributed by atoms with Crippen LogP contribution in [0, 0.1) is 0 Å². The van der Waals surface area contributed by atoms with Gasteiger partial charge in [0.1, 0.15) is 0 Å². The molecule has 134 valence electrons. The van der Waals surface area contributed by atoms with Crippen molar-refractivity contribution in [1.82, 2.24) is 29.9 Å². The van der Waals surface area contributed by atoms with Gasteiger partial charge in [-0.3, -0.25) is 15.3 Å². The molecule has 0 aromatic carbocycles. The van der Waals surface area contributed by atoms with Crippen LogP contribution in [0.1, 0.15) is 6.92 Å². The fraction of sp³-hybridized carbons (Fsp3) is 0.105. The summed E-state index contributed by atoms with van der Waals surface area (Å²) in [5, 5.41) is 9.75. The summed E-state index contributed by atoms with van der Waals surface area (Å²) in [6.45, 7) is 2.36. The quantitative estimate of drug-likeness (QED) is 0.584. The second-order valence-corrected chi connectivity index (χ2v) is 5.80. The van der Waals surface area contributed by atoms with Crippen molar-refractivity contribution in [2.45, 2.75) is 6.92 Å². The van der Waals surface area contributed by atoms with E-state index >= 15 is 0 Å². The SMILES string of the molecule is CCNC(=O)Nc1nc2cc(-c3cccnc3)cc(-c3cccnc3)n2n1. The van der Waals surface area contributed by atoms with Crippen LogP contribution in [0.25, 0.3) is 28.0 Å². The van der Waals surface area contributed by atoms with Crippen LogP contribution >= 0.6 is 0 Å². The molecule has 0 unspecified atom stereocenters. The Morgan fingerprint density at radius 2 is 1.78 bits per heavy atom. The minimum Gasteiger partial charge on any atom is -0.338 e. The van der Waals surface area contributed by atoms with E-state index in [0.29, 0.717) is 12.2 Å². The third-order valence-electron chi connectivity index (χ3n) is 3.95. The maximum Gasteiger partial charge on any atom is 0.321 e. The number of hydrogen-bond donors (Lipinski definition) is 2. The van der Waals surface area contributed by atoms with E-state index in [-0.39, 0.29) is 12.0 Å². The third kappa shape index (κ3) is 3.45. The van der Waals surface area contributed by atoms with E-state index in [2.05, 4.69) is 30.7 Å². The Morgan fingerprint density at radius 1 is 1.04 bits per heavy atom. The van der Waals surface area contributed by atoms with Crippen molar-refractivity contribution in [3.8, 4) is 22.4 Å². The van der Waals surface area contributed by atoms with Crippen molar-refractivity contribution in [3.63, 3.8) is 0 Å². The van der Waals surface area contributed by atoms with Gasteiger partial charge in [0, 0.05) is 42.5 Å². The molecule has 27 heavy (non-hydrogen) atoms. The van der Waals surface area contributed by atoms with E-state index in [4.69, 9.17) is 0 Å². The summed E-state index contributed by atoms with van der Waals surface area (Å²) < 4.78 is 1.69.